The highest BCUT2D eigenvalue weighted by Gasteiger charge is 2.26. The number of aldehydes is 1. The number of carbonyl (C=O) groups excluding carboxylic acids is 2. The van der Waals surface area contributed by atoms with E-state index in [-0.39, 0.29) is 6.29 Å². The van der Waals surface area contributed by atoms with Crippen LogP contribution in [-0.2, 0) is 4.74 Å². The minimum absolute atomic E-state index is 0.0869. The number of anilines is 1. The van der Waals surface area contributed by atoms with E-state index in [1.807, 2.05) is 0 Å². The van der Waals surface area contributed by atoms with Crippen LogP contribution >= 0.6 is 11.6 Å². The van der Waals surface area contributed by atoms with E-state index in [0.717, 1.165) is 0 Å². The highest BCUT2D eigenvalue weighted by atomic mass is 35.5. The molecule has 20 heavy (non-hydrogen) atoms. The molecule has 0 saturated heterocycles. The van der Waals surface area contributed by atoms with E-state index in [4.69, 9.17) is 16.3 Å². The normalized spacial score (nSPS) is 11.2. The van der Waals surface area contributed by atoms with Gasteiger partial charge in [-0.05, 0) is 20.8 Å². The molecule has 0 saturated carbocycles. The predicted octanol–water partition coefficient (Wildman–Crippen LogP) is 3.92. The van der Waals surface area contributed by atoms with E-state index >= 15 is 0 Å². The van der Waals surface area contributed by atoms with Crippen LogP contribution in [0.15, 0.2) is 0 Å². The summed E-state index contributed by atoms with van der Waals surface area (Å²) in [7, 11) is 0. The maximum absolute atomic E-state index is 13.6. The Morgan fingerprint density at radius 3 is 2.20 bits per heavy atom. The monoisotopic (exact) mass is 309 g/mol. The molecule has 0 aliphatic heterocycles. The Balaban J connectivity index is 3.25. The third-order valence-electron chi connectivity index (χ3n) is 2.05. The van der Waals surface area contributed by atoms with Crippen molar-refractivity contribution in [3.05, 3.63) is 28.0 Å². The molecule has 0 spiro atoms. The van der Waals surface area contributed by atoms with Gasteiger partial charge in [0, 0.05) is 0 Å². The molecule has 0 radical (unpaired) electrons. The summed E-state index contributed by atoms with van der Waals surface area (Å²) in [5.74, 6) is -4.82. The Morgan fingerprint density at radius 2 is 1.75 bits per heavy atom. The van der Waals surface area contributed by atoms with Crippen LogP contribution in [0, 0.1) is 17.5 Å². The van der Waals surface area contributed by atoms with Gasteiger partial charge in [0.15, 0.2) is 23.7 Å². The third kappa shape index (κ3) is 3.41. The molecule has 0 fully saturated rings. The summed E-state index contributed by atoms with van der Waals surface area (Å²) in [6.07, 6.45) is -1.25. The molecule has 0 atom stereocenters. The zero-order chi connectivity index (χ0) is 15.7. The van der Waals surface area contributed by atoms with Crippen molar-refractivity contribution in [2.45, 2.75) is 26.4 Å². The summed E-state index contributed by atoms with van der Waals surface area (Å²) in [5.41, 5.74) is -2.78. The van der Waals surface area contributed by atoms with E-state index in [1.54, 1.807) is 5.32 Å². The highest BCUT2D eigenvalue weighted by Crippen LogP contribution is 2.31. The van der Waals surface area contributed by atoms with E-state index in [9.17, 15) is 22.8 Å². The van der Waals surface area contributed by atoms with Gasteiger partial charge >= 0.3 is 6.09 Å². The molecule has 1 amide bonds. The number of amides is 1. The first-order valence-corrected chi connectivity index (χ1v) is 5.77. The van der Waals surface area contributed by atoms with Gasteiger partial charge in [-0.2, -0.15) is 0 Å². The lowest BCUT2D eigenvalue weighted by atomic mass is 10.1. The fourth-order valence-corrected chi connectivity index (χ4v) is 1.47. The van der Waals surface area contributed by atoms with E-state index < -0.39 is 45.4 Å². The topological polar surface area (TPSA) is 55.4 Å². The number of hydrogen-bond acceptors (Lipinski definition) is 3. The van der Waals surface area contributed by atoms with Crippen molar-refractivity contribution >= 4 is 29.7 Å². The summed E-state index contributed by atoms with van der Waals surface area (Å²) in [6, 6.07) is 0. The van der Waals surface area contributed by atoms with Gasteiger partial charge in [-0.25, -0.2) is 18.0 Å². The quantitative estimate of drug-likeness (QED) is 0.512. The van der Waals surface area contributed by atoms with E-state index in [0.29, 0.717) is 0 Å². The van der Waals surface area contributed by atoms with Gasteiger partial charge in [-0.3, -0.25) is 10.1 Å². The number of ether oxygens (including phenoxy) is 1. The minimum Gasteiger partial charge on any atom is -0.444 e. The number of carbonyl (C=O) groups is 2. The summed E-state index contributed by atoms with van der Waals surface area (Å²) < 4.78 is 45.3. The van der Waals surface area contributed by atoms with Gasteiger partial charge < -0.3 is 4.74 Å². The number of rotatable bonds is 2. The second-order valence-corrected chi connectivity index (χ2v) is 5.17. The molecule has 1 rings (SSSR count). The largest absolute Gasteiger partial charge is 0.444 e. The molecule has 0 bridgehead atoms. The van der Waals surface area contributed by atoms with Crippen LogP contribution in [0.1, 0.15) is 31.1 Å². The van der Waals surface area contributed by atoms with Crippen LogP contribution < -0.4 is 5.32 Å². The van der Waals surface area contributed by atoms with Crippen molar-refractivity contribution in [1.82, 2.24) is 0 Å². The average Bonchev–Trinajstić information content (AvgIpc) is 2.31. The van der Waals surface area contributed by atoms with Crippen LogP contribution in [-0.4, -0.2) is 18.0 Å². The summed E-state index contributed by atoms with van der Waals surface area (Å²) in [5, 5.41) is 0.622. The lowest BCUT2D eigenvalue weighted by molar-refractivity contribution is 0.0635. The van der Waals surface area contributed by atoms with Crippen molar-refractivity contribution in [3.8, 4) is 0 Å². The summed E-state index contributed by atoms with van der Waals surface area (Å²) in [6.45, 7) is 4.60. The van der Waals surface area contributed by atoms with Crippen molar-refractivity contribution < 1.29 is 27.5 Å². The molecule has 1 aromatic carbocycles. The van der Waals surface area contributed by atoms with Crippen LogP contribution in [0.2, 0.25) is 5.02 Å². The first-order valence-electron chi connectivity index (χ1n) is 5.39. The van der Waals surface area contributed by atoms with Gasteiger partial charge in [0.05, 0.1) is 11.3 Å². The first-order chi connectivity index (χ1) is 9.08. The van der Waals surface area contributed by atoms with Gasteiger partial charge in [0.25, 0.3) is 0 Å². The van der Waals surface area contributed by atoms with Gasteiger partial charge in [-0.15, -0.1) is 0 Å². The number of benzene rings is 1. The predicted molar refractivity (Wildman–Crippen MR) is 66.6 cm³/mol. The Kier molecular flexibility index (Phi) is 4.65. The van der Waals surface area contributed by atoms with Crippen LogP contribution in [0.3, 0.4) is 0 Å². The molecule has 0 aliphatic rings. The fourth-order valence-electron chi connectivity index (χ4n) is 1.29. The Morgan fingerprint density at radius 1 is 1.20 bits per heavy atom. The smallest absolute Gasteiger partial charge is 0.412 e. The summed E-state index contributed by atoms with van der Waals surface area (Å²) >= 11 is 5.19. The van der Waals surface area contributed by atoms with E-state index in [1.165, 1.54) is 20.8 Å². The van der Waals surface area contributed by atoms with Gasteiger partial charge in [0.1, 0.15) is 10.6 Å². The lowest BCUT2D eigenvalue weighted by Gasteiger charge is -2.20. The molecular formula is C12H11ClF3NO3. The molecule has 110 valence electrons. The molecule has 0 unspecified atom stereocenters. The van der Waals surface area contributed by atoms with Crippen molar-refractivity contribution in [3.63, 3.8) is 0 Å². The van der Waals surface area contributed by atoms with Crippen molar-refractivity contribution in [2.24, 2.45) is 0 Å². The average molecular weight is 310 g/mol. The molecule has 1 aromatic rings. The van der Waals surface area contributed by atoms with E-state index in [2.05, 4.69) is 0 Å². The molecule has 1 N–H and O–H groups in total. The van der Waals surface area contributed by atoms with Crippen molar-refractivity contribution in [1.29, 1.82) is 0 Å². The number of halogens is 4. The van der Waals surface area contributed by atoms with Crippen LogP contribution in [0.25, 0.3) is 0 Å². The maximum atomic E-state index is 13.6. The Bertz CT molecular complexity index is 570. The van der Waals surface area contributed by atoms with Gasteiger partial charge in [-0.1, -0.05) is 11.6 Å². The second kappa shape index (κ2) is 5.70. The molecule has 8 heteroatoms. The lowest BCUT2D eigenvalue weighted by Crippen LogP contribution is -2.28. The highest BCUT2D eigenvalue weighted by molar-refractivity contribution is 6.31. The molecule has 0 aliphatic carbocycles. The molecule has 0 aromatic heterocycles. The maximum Gasteiger partial charge on any atom is 0.412 e. The zero-order valence-electron chi connectivity index (χ0n) is 10.8. The minimum atomic E-state index is -1.71. The van der Waals surface area contributed by atoms with Crippen LogP contribution in [0.4, 0.5) is 23.7 Å². The van der Waals surface area contributed by atoms with Gasteiger partial charge in [0.2, 0.25) is 0 Å². The SMILES string of the molecule is CC(C)(C)OC(=O)Nc1c(F)c(F)c(Cl)c(F)c1C=O. The second-order valence-electron chi connectivity index (χ2n) is 4.79. The van der Waals surface area contributed by atoms with Crippen LogP contribution in [0.5, 0.6) is 0 Å². The fraction of sp³-hybridized carbons (Fsp3) is 0.333. The first kappa shape index (κ1) is 16.3. The third-order valence-corrected chi connectivity index (χ3v) is 2.38. The Labute approximate surface area is 117 Å². The number of nitrogens with one attached hydrogen (secondary N) is 1. The molecule has 0 heterocycles. The summed E-state index contributed by atoms with van der Waals surface area (Å²) in [4.78, 5) is 22.2. The number of hydrogen-bond donors (Lipinski definition) is 1. The Hall–Kier alpha value is -1.76. The zero-order valence-corrected chi connectivity index (χ0v) is 11.6. The molecular weight excluding hydrogens is 299 g/mol. The standard InChI is InChI=1S/C12H11ClF3NO3/c1-12(2,3)20-11(19)17-10-5(4-18)7(14)6(13)8(15)9(10)16/h4H,1-3H3,(H,17,19). The molecule has 4 nitrogen and oxygen atoms in total. The van der Waals surface area contributed by atoms with Crippen molar-refractivity contribution in [2.75, 3.05) is 5.32 Å².